The van der Waals surface area contributed by atoms with Gasteiger partial charge < -0.3 is 19.2 Å². The molecular formula is C17H17NO4. The van der Waals surface area contributed by atoms with Crippen molar-refractivity contribution in [2.75, 3.05) is 18.5 Å². The smallest absolute Gasteiger partial charge is 0.248 e. The molecule has 22 heavy (non-hydrogen) atoms. The van der Waals surface area contributed by atoms with Crippen LogP contribution >= 0.6 is 0 Å². The highest BCUT2D eigenvalue weighted by molar-refractivity contribution is 6.01. The molecule has 1 aromatic carbocycles. The minimum Gasteiger partial charge on any atom is -0.486 e. The van der Waals surface area contributed by atoms with Gasteiger partial charge in [0.2, 0.25) is 5.91 Å². The standard InChI is InChI=1S/C17H17NO4/c1-2-13-4-5-14(22-13)6-8-17(19)18-12-3-7-15-16(11-12)21-10-9-20-15/h3-8,11H,2,9-10H2,1H3,(H,18,19)/b8-6+. The van der Waals surface area contributed by atoms with E-state index in [1.807, 2.05) is 19.1 Å². The number of hydrogen-bond acceptors (Lipinski definition) is 4. The number of nitrogens with one attached hydrogen (secondary N) is 1. The van der Waals surface area contributed by atoms with E-state index < -0.39 is 0 Å². The van der Waals surface area contributed by atoms with Crippen molar-refractivity contribution in [1.82, 2.24) is 0 Å². The van der Waals surface area contributed by atoms with Gasteiger partial charge in [0.25, 0.3) is 0 Å². The number of rotatable bonds is 4. The Morgan fingerprint density at radius 1 is 1.18 bits per heavy atom. The van der Waals surface area contributed by atoms with Crippen molar-refractivity contribution in [2.45, 2.75) is 13.3 Å². The molecule has 5 nitrogen and oxygen atoms in total. The topological polar surface area (TPSA) is 60.7 Å². The van der Waals surface area contributed by atoms with E-state index in [9.17, 15) is 4.79 Å². The highest BCUT2D eigenvalue weighted by atomic mass is 16.6. The highest BCUT2D eigenvalue weighted by Crippen LogP contribution is 2.32. The lowest BCUT2D eigenvalue weighted by molar-refractivity contribution is -0.111. The van der Waals surface area contributed by atoms with Crippen LogP contribution in [0.25, 0.3) is 6.08 Å². The summed E-state index contributed by atoms with van der Waals surface area (Å²) in [6.45, 7) is 3.08. The van der Waals surface area contributed by atoms with Crippen molar-refractivity contribution in [2.24, 2.45) is 0 Å². The van der Waals surface area contributed by atoms with Crippen molar-refractivity contribution in [3.05, 3.63) is 47.9 Å². The Labute approximate surface area is 128 Å². The zero-order valence-electron chi connectivity index (χ0n) is 12.3. The molecular weight excluding hydrogens is 282 g/mol. The molecule has 1 aromatic heterocycles. The number of ether oxygens (including phenoxy) is 2. The molecule has 0 saturated carbocycles. The molecule has 1 aliphatic heterocycles. The first-order valence-electron chi connectivity index (χ1n) is 7.22. The normalized spacial score (nSPS) is 13.3. The van der Waals surface area contributed by atoms with Crippen LogP contribution in [0.4, 0.5) is 5.69 Å². The fourth-order valence-electron chi connectivity index (χ4n) is 2.14. The van der Waals surface area contributed by atoms with Crippen molar-refractivity contribution in [3.63, 3.8) is 0 Å². The third kappa shape index (κ3) is 3.31. The summed E-state index contributed by atoms with van der Waals surface area (Å²) in [5, 5.41) is 2.78. The molecule has 114 valence electrons. The van der Waals surface area contributed by atoms with E-state index in [2.05, 4.69) is 5.32 Å². The van der Waals surface area contributed by atoms with E-state index in [1.54, 1.807) is 24.3 Å². The van der Waals surface area contributed by atoms with Crippen molar-refractivity contribution < 1.29 is 18.7 Å². The Bertz CT molecular complexity index is 702. The number of anilines is 1. The second-order valence-corrected chi connectivity index (χ2v) is 4.84. The minimum atomic E-state index is -0.230. The van der Waals surface area contributed by atoms with E-state index in [0.717, 1.165) is 12.2 Å². The molecule has 1 aliphatic rings. The predicted octanol–water partition coefficient (Wildman–Crippen LogP) is 3.27. The second kappa shape index (κ2) is 6.39. The average Bonchev–Trinajstić information content (AvgIpc) is 3.01. The summed E-state index contributed by atoms with van der Waals surface area (Å²) in [6, 6.07) is 9.06. The number of carbonyl (C=O) groups excluding carboxylic acids is 1. The largest absolute Gasteiger partial charge is 0.486 e. The highest BCUT2D eigenvalue weighted by Gasteiger charge is 2.12. The summed E-state index contributed by atoms with van der Waals surface area (Å²) in [5.41, 5.74) is 0.660. The molecule has 0 bridgehead atoms. The van der Waals surface area contributed by atoms with Gasteiger partial charge in [-0.05, 0) is 30.3 Å². The maximum atomic E-state index is 11.9. The zero-order valence-corrected chi connectivity index (χ0v) is 12.3. The van der Waals surface area contributed by atoms with Crippen LogP contribution in [0, 0.1) is 0 Å². The number of furan rings is 1. The summed E-state index contributed by atoms with van der Waals surface area (Å²) in [6.07, 6.45) is 3.92. The number of benzene rings is 1. The van der Waals surface area contributed by atoms with Crippen LogP contribution in [0.15, 0.2) is 40.8 Å². The average molecular weight is 299 g/mol. The molecule has 0 radical (unpaired) electrons. The van der Waals surface area contributed by atoms with Crippen molar-refractivity contribution in [3.8, 4) is 11.5 Å². The molecule has 0 unspecified atom stereocenters. The van der Waals surface area contributed by atoms with Crippen molar-refractivity contribution >= 4 is 17.7 Å². The summed E-state index contributed by atoms with van der Waals surface area (Å²) in [5.74, 6) is 2.67. The fraction of sp³-hybridized carbons (Fsp3) is 0.235. The molecule has 2 heterocycles. The summed E-state index contributed by atoms with van der Waals surface area (Å²) in [7, 11) is 0. The van der Waals surface area contributed by atoms with Crippen LogP contribution < -0.4 is 14.8 Å². The van der Waals surface area contributed by atoms with E-state index in [-0.39, 0.29) is 5.91 Å². The van der Waals surface area contributed by atoms with Crippen LogP contribution in [0.5, 0.6) is 11.5 Å². The Kier molecular flexibility index (Phi) is 4.14. The first kappa shape index (κ1) is 14.3. The summed E-state index contributed by atoms with van der Waals surface area (Å²) >= 11 is 0. The minimum absolute atomic E-state index is 0.230. The molecule has 1 amide bonds. The molecule has 3 rings (SSSR count). The van der Waals surface area contributed by atoms with Crippen molar-refractivity contribution in [1.29, 1.82) is 0 Å². The lowest BCUT2D eigenvalue weighted by Gasteiger charge is -2.18. The maximum absolute atomic E-state index is 11.9. The molecule has 0 saturated heterocycles. The lowest BCUT2D eigenvalue weighted by Crippen LogP contribution is -2.16. The van der Waals surface area contributed by atoms with Gasteiger partial charge in [0.1, 0.15) is 24.7 Å². The molecule has 2 aromatic rings. The summed E-state index contributed by atoms with van der Waals surface area (Å²) < 4.78 is 16.4. The third-order valence-electron chi connectivity index (χ3n) is 3.24. The Hall–Kier alpha value is -2.69. The van der Waals surface area contributed by atoms with Crippen LogP contribution in [0.2, 0.25) is 0 Å². The Morgan fingerprint density at radius 2 is 2.00 bits per heavy atom. The van der Waals surface area contributed by atoms with Gasteiger partial charge >= 0.3 is 0 Å². The van der Waals surface area contributed by atoms with Gasteiger partial charge in [-0.15, -0.1) is 0 Å². The van der Waals surface area contributed by atoms with Gasteiger partial charge in [-0.1, -0.05) is 6.92 Å². The predicted molar refractivity (Wildman–Crippen MR) is 83.2 cm³/mol. The summed E-state index contributed by atoms with van der Waals surface area (Å²) in [4.78, 5) is 11.9. The van der Waals surface area contributed by atoms with Gasteiger partial charge in [-0.3, -0.25) is 4.79 Å². The molecule has 0 fully saturated rings. The molecule has 1 N–H and O–H groups in total. The van der Waals surface area contributed by atoms with Crippen LogP contribution in [0.3, 0.4) is 0 Å². The maximum Gasteiger partial charge on any atom is 0.248 e. The first-order valence-corrected chi connectivity index (χ1v) is 7.22. The monoisotopic (exact) mass is 299 g/mol. The van der Waals surface area contributed by atoms with Crippen LogP contribution in [-0.2, 0) is 11.2 Å². The SMILES string of the molecule is CCc1ccc(/C=C/C(=O)Nc2ccc3c(c2)OCCO3)o1. The van der Waals surface area contributed by atoms with Crippen LogP contribution in [-0.4, -0.2) is 19.1 Å². The number of aryl methyl sites for hydroxylation is 1. The van der Waals surface area contributed by atoms with E-state index in [4.69, 9.17) is 13.9 Å². The Balaban J connectivity index is 1.64. The molecule has 0 aliphatic carbocycles. The number of amides is 1. The van der Waals surface area contributed by atoms with Crippen LogP contribution in [0.1, 0.15) is 18.4 Å². The van der Waals surface area contributed by atoms with Gasteiger partial charge in [-0.25, -0.2) is 0 Å². The van der Waals surface area contributed by atoms with Gasteiger partial charge in [0.05, 0.1) is 0 Å². The molecule has 5 heteroatoms. The van der Waals surface area contributed by atoms with E-state index in [1.165, 1.54) is 6.08 Å². The third-order valence-corrected chi connectivity index (χ3v) is 3.24. The second-order valence-electron chi connectivity index (χ2n) is 4.84. The number of hydrogen-bond donors (Lipinski definition) is 1. The lowest BCUT2D eigenvalue weighted by atomic mass is 10.2. The van der Waals surface area contributed by atoms with Gasteiger partial charge in [0.15, 0.2) is 11.5 Å². The zero-order chi connectivity index (χ0) is 15.4. The fourth-order valence-corrected chi connectivity index (χ4v) is 2.14. The van der Waals surface area contributed by atoms with E-state index >= 15 is 0 Å². The number of carbonyl (C=O) groups is 1. The first-order chi connectivity index (χ1) is 10.7. The Morgan fingerprint density at radius 3 is 2.77 bits per heavy atom. The molecule has 0 atom stereocenters. The van der Waals surface area contributed by atoms with Gasteiger partial charge in [0, 0.05) is 24.3 Å². The quantitative estimate of drug-likeness (QED) is 0.880. The van der Waals surface area contributed by atoms with E-state index in [0.29, 0.717) is 36.2 Å². The van der Waals surface area contributed by atoms with Gasteiger partial charge in [-0.2, -0.15) is 0 Å². The molecule has 0 spiro atoms. The number of fused-ring (bicyclic) bond motifs is 1.